The topological polar surface area (TPSA) is 51.6 Å². The third-order valence-corrected chi connectivity index (χ3v) is 5.60. The summed E-state index contributed by atoms with van der Waals surface area (Å²) in [6, 6.07) is 8.81. The van der Waals surface area contributed by atoms with E-state index in [4.69, 9.17) is 0 Å². The number of thiol groups is 1. The number of H-pyrrole nitrogens is 1. The molecule has 0 saturated carbocycles. The van der Waals surface area contributed by atoms with Crippen LogP contribution in [0.1, 0.15) is 55.1 Å². The van der Waals surface area contributed by atoms with Crippen LogP contribution in [-0.2, 0) is 25.8 Å². The number of nitrogens with one attached hydrogen (secondary N) is 2. The maximum absolute atomic E-state index is 9.59. The van der Waals surface area contributed by atoms with Crippen LogP contribution in [0.2, 0.25) is 0 Å². The maximum Gasteiger partial charge on any atom is 0.0992 e. The summed E-state index contributed by atoms with van der Waals surface area (Å²) in [6.07, 6.45) is 4.10. The van der Waals surface area contributed by atoms with Crippen molar-refractivity contribution in [1.82, 2.24) is 9.71 Å². The van der Waals surface area contributed by atoms with E-state index in [1.54, 1.807) is 0 Å². The van der Waals surface area contributed by atoms with Crippen molar-refractivity contribution >= 4 is 18.4 Å². The molecular weight excluding hydrogens is 338 g/mol. The molecule has 1 aromatic carbocycles. The van der Waals surface area contributed by atoms with Gasteiger partial charge < -0.3 is 4.98 Å². The number of allylic oxidation sites excluding steroid dienone is 1. The summed E-state index contributed by atoms with van der Waals surface area (Å²) in [5.74, 6) is 0. The number of hydrogen-bond donors (Lipinski definition) is 3. The van der Waals surface area contributed by atoms with Gasteiger partial charge in [0.1, 0.15) is 0 Å². The van der Waals surface area contributed by atoms with Gasteiger partial charge in [0.05, 0.1) is 17.3 Å². The third kappa shape index (κ3) is 3.47. The molecule has 0 atom stereocenters. The molecule has 26 heavy (non-hydrogen) atoms. The van der Waals surface area contributed by atoms with Gasteiger partial charge in [-0.1, -0.05) is 52.3 Å². The molecule has 3 rings (SSSR count). The van der Waals surface area contributed by atoms with Crippen molar-refractivity contribution in [3.63, 3.8) is 0 Å². The third-order valence-electron chi connectivity index (χ3n) is 5.44. The lowest BCUT2D eigenvalue weighted by atomic mass is 9.75. The number of nitrogens with zero attached hydrogens (tertiary/aromatic N) is 1. The first kappa shape index (κ1) is 18.8. The summed E-state index contributed by atoms with van der Waals surface area (Å²) in [5.41, 5.74) is 9.04. The molecule has 0 unspecified atom stereocenters. The van der Waals surface area contributed by atoms with Crippen molar-refractivity contribution in [1.29, 1.82) is 5.26 Å². The molecule has 0 aliphatic heterocycles. The van der Waals surface area contributed by atoms with E-state index >= 15 is 0 Å². The van der Waals surface area contributed by atoms with Crippen molar-refractivity contribution < 1.29 is 0 Å². The fourth-order valence-electron chi connectivity index (χ4n) is 3.99. The number of nitriles is 1. The molecule has 1 aromatic heterocycles. The number of rotatable bonds is 5. The number of benzene rings is 1. The van der Waals surface area contributed by atoms with E-state index < -0.39 is 0 Å². The highest BCUT2D eigenvalue weighted by atomic mass is 32.1. The predicted molar refractivity (Wildman–Crippen MR) is 112 cm³/mol. The Morgan fingerprint density at radius 2 is 2.19 bits per heavy atom. The molecule has 0 spiro atoms. The Balaban J connectivity index is 2.23. The summed E-state index contributed by atoms with van der Waals surface area (Å²) in [4.78, 5) is 3.66. The number of hydrogen-bond acceptors (Lipinski definition) is 3. The minimum absolute atomic E-state index is 0.252. The highest BCUT2D eigenvalue weighted by molar-refractivity contribution is 7.78. The Morgan fingerprint density at radius 1 is 1.42 bits per heavy atom. The lowest BCUT2D eigenvalue weighted by molar-refractivity contribution is 0.314. The fraction of sp³-hybridized carbons (Fsp3) is 0.409. The number of aryl methyl sites for hydroxylation is 2. The maximum atomic E-state index is 9.59. The van der Waals surface area contributed by atoms with E-state index in [0.29, 0.717) is 12.1 Å². The molecule has 4 heteroatoms. The normalized spacial score (nSPS) is 15.3. The second kappa shape index (κ2) is 7.34. The van der Waals surface area contributed by atoms with Crippen molar-refractivity contribution in [2.75, 3.05) is 0 Å². The minimum atomic E-state index is 0.252. The van der Waals surface area contributed by atoms with E-state index in [-0.39, 0.29) is 5.41 Å². The molecule has 0 radical (unpaired) electrons. The monoisotopic (exact) mass is 365 g/mol. The van der Waals surface area contributed by atoms with Gasteiger partial charge in [0.25, 0.3) is 0 Å². The zero-order valence-corrected chi connectivity index (χ0v) is 16.8. The lowest BCUT2D eigenvalue weighted by Crippen LogP contribution is -2.22. The van der Waals surface area contributed by atoms with Gasteiger partial charge in [-0.25, -0.2) is 0 Å². The zero-order valence-electron chi connectivity index (χ0n) is 15.9. The summed E-state index contributed by atoms with van der Waals surface area (Å²) < 4.78 is 2.92. The first-order chi connectivity index (χ1) is 12.4. The van der Waals surface area contributed by atoms with E-state index in [1.807, 2.05) is 0 Å². The van der Waals surface area contributed by atoms with Gasteiger partial charge in [-0.2, -0.15) is 5.26 Å². The van der Waals surface area contributed by atoms with Crippen molar-refractivity contribution in [3.05, 3.63) is 52.7 Å². The summed E-state index contributed by atoms with van der Waals surface area (Å²) in [6.45, 7) is 11.5. The van der Waals surface area contributed by atoms with Crippen molar-refractivity contribution in [2.45, 2.75) is 53.0 Å². The smallest absolute Gasteiger partial charge is 0.0992 e. The van der Waals surface area contributed by atoms with Gasteiger partial charge in [-0.05, 0) is 53.9 Å². The Morgan fingerprint density at radius 3 is 2.85 bits per heavy atom. The predicted octanol–water partition coefficient (Wildman–Crippen LogP) is 5.23. The molecule has 0 fully saturated rings. The largest absolute Gasteiger partial charge is 0.358 e. The van der Waals surface area contributed by atoms with Crippen LogP contribution >= 0.6 is 12.8 Å². The van der Waals surface area contributed by atoms with Gasteiger partial charge in [0.2, 0.25) is 0 Å². The van der Waals surface area contributed by atoms with Crippen molar-refractivity contribution in [3.8, 4) is 17.3 Å². The highest BCUT2D eigenvalue weighted by Crippen LogP contribution is 2.42. The molecule has 0 amide bonds. The molecule has 1 aliphatic carbocycles. The minimum Gasteiger partial charge on any atom is -0.358 e. The first-order valence-corrected chi connectivity index (χ1v) is 9.67. The Labute approximate surface area is 162 Å². The average Bonchev–Trinajstić information content (AvgIpc) is 2.98. The molecule has 1 heterocycles. The highest BCUT2D eigenvalue weighted by Gasteiger charge is 2.31. The fourth-order valence-corrected chi connectivity index (χ4v) is 4.17. The van der Waals surface area contributed by atoms with Crippen LogP contribution < -0.4 is 4.72 Å². The standard InChI is InChI=1S/C22H27N3S/c1-5-16-7-6-15(13-24-26)10-17(16)21-20(14(2)12-23)18-11-22(3,4)9-8-19(18)25-21/h6-7,10,24-26H,2,5,8-9,11,13H2,1,3-4H3. The Kier molecular flexibility index (Phi) is 5.32. The van der Waals surface area contributed by atoms with E-state index in [0.717, 1.165) is 36.9 Å². The molecule has 0 saturated heterocycles. The van der Waals surface area contributed by atoms with Crippen LogP contribution in [0, 0.1) is 16.7 Å². The van der Waals surface area contributed by atoms with Gasteiger partial charge in [0.15, 0.2) is 0 Å². The van der Waals surface area contributed by atoms with E-state index in [1.165, 1.54) is 27.9 Å². The summed E-state index contributed by atoms with van der Waals surface area (Å²) in [7, 11) is 0. The van der Waals surface area contributed by atoms with Gasteiger partial charge in [0, 0.05) is 23.4 Å². The quantitative estimate of drug-likeness (QED) is 0.502. The number of fused-ring (bicyclic) bond motifs is 1. The Bertz CT molecular complexity index is 884. The Hall–Kier alpha value is -1.96. The lowest BCUT2D eigenvalue weighted by Gasteiger charge is -2.30. The second-order valence-electron chi connectivity index (χ2n) is 7.94. The average molecular weight is 366 g/mol. The van der Waals surface area contributed by atoms with Gasteiger partial charge in [-0.15, -0.1) is 0 Å². The number of aromatic amines is 1. The molecule has 136 valence electrons. The first-order valence-electron chi connectivity index (χ1n) is 9.22. The number of aromatic nitrogens is 1. The molecular formula is C22H27N3S. The van der Waals surface area contributed by atoms with Crippen LogP contribution in [0.5, 0.6) is 0 Å². The van der Waals surface area contributed by atoms with Gasteiger partial charge in [-0.3, -0.25) is 4.72 Å². The van der Waals surface area contributed by atoms with E-state index in [9.17, 15) is 5.26 Å². The zero-order chi connectivity index (χ0) is 18.9. The molecule has 2 N–H and O–H groups in total. The molecule has 1 aliphatic rings. The van der Waals surface area contributed by atoms with E-state index in [2.05, 4.69) is 74.1 Å². The van der Waals surface area contributed by atoms with Crippen LogP contribution in [0.25, 0.3) is 16.8 Å². The van der Waals surface area contributed by atoms with Crippen LogP contribution in [0.15, 0.2) is 24.8 Å². The summed E-state index contributed by atoms with van der Waals surface area (Å²) in [5, 5.41) is 9.59. The van der Waals surface area contributed by atoms with Crippen LogP contribution in [0.4, 0.5) is 0 Å². The van der Waals surface area contributed by atoms with Crippen molar-refractivity contribution in [2.24, 2.45) is 5.41 Å². The molecule has 3 nitrogen and oxygen atoms in total. The van der Waals surface area contributed by atoms with Crippen LogP contribution in [-0.4, -0.2) is 4.98 Å². The summed E-state index contributed by atoms with van der Waals surface area (Å²) >= 11 is 4.13. The molecule has 2 aromatic rings. The SMILES string of the molecule is C=C(C#N)c1c(-c2cc(CNS)ccc2CC)[nH]c2c1CC(C)(C)CC2. The molecule has 0 bridgehead atoms. The van der Waals surface area contributed by atoms with Gasteiger partial charge >= 0.3 is 0 Å². The van der Waals surface area contributed by atoms with Crippen LogP contribution in [0.3, 0.4) is 0 Å². The second-order valence-corrected chi connectivity index (χ2v) is 8.26.